The zero-order valence-corrected chi connectivity index (χ0v) is 24.7. The Kier molecular flexibility index (Phi) is 7.56. The summed E-state index contributed by atoms with van der Waals surface area (Å²) < 4.78 is 41.2. The zero-order chi connectivity index (χ0) is 28.6. The molecule has 1 fully saturated rings. The number of piperidine rings is 1. The minimum atomic E-state index is -3.65. The molecule has 6 rings (SSSR count). The van der Waals surface area contributed by atoms with Crippen molar-refractivity contribution in [3.05, 3.63) is 71.3 Å². The molecular formula is C28H27ClN6O4S2. The molecule has 1 N–H and O–H groups in total. The standard InChI is InChI=1S/C28H27ClN6O4S2/c1-38-20-7-10-24(39-2)22(16-20)25-26(35-14-15-40-28(35)33-25)23-11-12-30-27(32-23)31-19-4-3-13-34(17-19)41(36,37)21-8-5-18(29)6-9-21/h5-12,14-16,19H,3-4,13,17H2,1-2H3,(H,30,31,32)/t19-/m1/s1. The van der Waals surface area contributed by atoms with Crippen molar-refractivity contribution in [1.82, 2.24) is 23.7 Å². The number of benzene rings is 2. The second-order valence-electron chi connectivity index (χ2n) is 9.50. The monoisotopic (exact) mass is 610 g/mol. The number of hydrogen-bond donors (Lipinski definition) is 1. The highest BCUT2D eigenvalue weighted by molar-refractivity contribution is 7.89. The Hall–Kier alpha value is -3.71. The number of anilines is 1. The van der Waals surface area contributed by atoms with Crippen LogP contribution in [0.15, 0.2) is 71.2 Å². The first kappa shape index (κ1) is 27.5. The summed E-state index contributed by atoms with van der Waals surface area (Å²) in [6.45, 7) is 0.744. The molecule has 0 saturated carbocycles. The molecule has 0 amide bonds. The Bertz CT molecular complexity index is 1810. The van der Waals surface area contributed by atoms with Gasteiger partial charge in [0, 0.05) is 47.5 Å². The lowest BCUT2D eigenvalue weighted by Crippen LogP contribution is -2.45. The summed E-state index contributed by atoms with van der Waals surface area (Å²) in [6.07, 6.45) is 5.14. The fourth-order valence-electron chi connectivity index (χ4n) is 4.99. The van der Waals surface area contributed by atoms with Crippen LogP contribution in [0.4, 0.5) is 5.95 Å². The Morgan fingerprint density at radius 3 is 2.68 bits per heavy atom. The highest BCUT2D eigenvalue weighted by Crippen LogP contribution is 2.40. The van der Waals surface area contributed by atoms with Gasteiger partial charge in [-0.3, -0.25) is 4.40 Å². The van der Waals surface area contributed by atoms with Crippen molar-refractivity contribution in [3.8, 4) is 34.1 Å². The maximum Gasteiger partial charge on any atom is 0.243 e. The van der Waals surface area contributed by atoms with Crippen molar-refractivity contribution < 1.29 is 17.9 Å². The molecule has 0 radical (unpaired) electrons. The van der Waals surface area contributed by atoms with Crippen molar-refractivity contribution in [2.24, 2.45) is 0 Å². The van der Waals surface area contributed by atoms with Crippen LogP contribution in [0.3, 0.4) is 0 Å². The van der Waals surface area contributed by atoms with E-state index in [0.717, 1.165) is 22.6 Å². The summed E-state index contributed by atoms with van der Waals surface area (Å²) in [5.74, 6) is 1.75. The predicted molar refractivity (Wildman–Crippen MR) is 159 cm³/mol. The van der Waals surface area contributed by atoms with Crippen LogP contribution < -0.4 is 14.8 Å². The maximum absolute atomic E-state index is 13.3. The minimum Gasteiger partial charge on any atom is -0.497 e. The molecule has 0 unspecified atom stereocenters. The number of hydrogen-bond acceptors (Lipinski definition) is 9. The lowest BCUT2D eigenvalue weighted by atomic mass is 10.1. The third-order valence-electron chi connectivity index (χ3n) is 6.99. The van der Waals surface area contributed by atoms with E-state index in [4.69, 9.17) is 31.0 Å². The number of rotatable bonds is 8. The van der Waals surface area contributed by atoms with Gasteiger partial charge in [-0.2, -0.15) is 4.31 Å². The van der Waals surface area contributed by atoms with E-state index in [9.17, 15) is 8.42 Å². The van der Waals surface area contributed by atoms with Gasteiger partial charge in [-0.1, -0.05) is 11.6 Å². The van der Waals surface area contributed by atoms with Gasteiger partial charge < -0.3 is 14.8 Å². The SMILES string of the molecule is COc1ccc(OC)c(-c2nc3sccn3c2-c2ccnc(N[C@@H]3CCCN(S(=O)(=O)c4ccc(Cl)cc4)C3)n2)c1. The van der Waals surface area contributed by atoms with Gasteiger partial charge in [0.2, 0.25) is 16.0 Å². The minimum absolute atomic E-state index is 0.161. The van der Waals surface area contributed by atoms with Gasteiger partial charge in [-0.05, 0) is 61.4 Å². The van der Waals surface area contributed by atoms with Gasteiger partial charge in [-0.15, -0.1) is 11.3 Å². The highest BCUT2D eigenvalue weighted by atomic mass is 35.5. The van der Waals surface area contributed by atoms with Gasteiger partial charge in [-0.25, -0.2) is 23.4 Å². The third-order valence-corrected chi connectivity index (χ3v) is 9.88. The summed E-state index contributed by atoms with van der Waals surface area (Å²) in [5, 5.41) is 5.83. The van der Waals surface area contributed by atoms with Crippen LogP contribution in [-0.2, 0) is 10.0 Å². The van der Waals surface area contributed by atoms with E-state index in [1.165, 1.54) is 27.8 Å². The van der Waals surface area contributed by atoms with Crippen LogP contribution in [0.25, 0.3) is 27.6 Å². The van der Waals surface area contributed by atoms with Gasteiger partial charge >= 0.3 is 0 Å². The van der Waals surface area contributed by atoms with E-state index in [-0.39, 0.29) is 10.9 Å². The van der Waals surface area contributed by atoms with E-state index >= 15 is 0 Å². The number of aromatic nitrogens is 4. The lowest BCUT2D eigenvalue weighted by molar-refractivity contribution is 0.326. The highest BCUT2D eigenvalue weighted by Gasteiger charge is 2.31. The van der Waals surface area contributed by atoms with Crippen LogP contribution in [0, 0.1) is 0 Å². The number of nitrogens with zero attached hydrogens (tertiary/aromatic N) is 5. The molecule has 13 heteroatoms. The Balaban J connectivity index is 1.31. The first-order chi connectivity index (χ1) is 19.9. The smallest absolute Gasteiger partial charge is 0.243 e. The van der Waals surface area contributed by atoms with Crippen LogP contribution in [-0.4, -0.2) is 65.4 Å². The lowest BCUT2D eigenvalue weighted by Gasteiger charge is -2.32. The largest absolute Gasteiger partial charge is 0.497 e. The molecule has 1 saturated heterocycles. The second kappa shape index (κ2) is 11.3. The van der Waals surface area contributed by atoms with Crippen molar-refractivity contribution >= 4 is 43.9 Å². The molecule has 0 bridgehead atoms. The molecule has 10 nitrogen and oxygen atoms in total. The number of imidazole rings is 1. The summed E-state index contributed by atoms with van der Waals surface area (Å²) in [4.78, 5) is 15.2. The van der Waals surface area contributed by atoms with Gasteiger partial charge in [0.05, 0.1) is 24.8 Å². The topological polar surface area (TPSA) is 111 Å². The first-order valence-corrected chi connectivity index (χ1v) is 15.6. The number of ether oxygens (including phenoxy) is 2. The molecule has 41 heavy (non-hydrogen) atoms. The normalized spacial score (nSPS) is 16.1. The average molecular weight is 611 g/mol. The second-order valence-corrected chi connectivity index (χ2v) is 12.7. The van der Waals surface area contributed by atoms with E-state index < -0.39 is 10.0 Å². The van der Waals surface area contributed by atoms with E-state index in [0.29, 0.717) is 53.4 Å². The molecule has 5 aromatic rings. The van der Waals surface area contributed by atoms with Gasteiger partial charge in [0.1, 0.15) is 22.9 Å². The summed E-state index contributed by atoms with van der Waals surface area (Å²) in [7, 11) is -0.412. The Labute approximate surface area is 246 Å². The summed E-state index contributed by atoms with van der Waals surface area (Å²) in [5.41, 5.74) is 2.93. The third kappa shape index (κ3) is 5.35. The molecule has 0 aliphatic carbocycles. The molecule has 1 atom stereocenters. The van der Waals surface area contributed by atoms with Gasteiger partial charge in [0.25, 0.3) is 0 Å². The number of sulfonamides is 1. The molecule has 0 spiro atoms. The predicted octanol–water partition coefficient (Wildman–Crippen LogP) is 5.46. The molecule has 1 aliphatic rings. The average Bonchev–Trinajstić information content (AvgIpc) is 3.59. The van der Waals surface area contributed by atoms with Crippen LogP contribution in [0.2, 0.25) is 5.02 Å². The van der Waals surface area contributed by atoms with E-state index in [1.54, 1.807) is 32.5 Å². The van der Waals surface area contributed by atoms with Crippen molar-refractivity contribution in [2.75, 3.05) is 32.6 Å². The fraction of sp³-hybridized carbons (Fsp3) is 0.250. The molecular weight excluding hydrogens is 584 g/mol. The van der Waals surface area contributed by atoms with Crippen LogP contribution >= 0.6 is 22.9 Å². The molecule has 2 aromatic carbocycles. The fourth-order valence-corrected chi connectivity index (χ4v) is 7.36. The van der Waals surface area contributed by atoms with Gasteiger partial charge in [0.15, 0.2) is 4.96 Å². The zero-order valence-electron chi connectivity index (χ0n) is 22.3. The maximum atomic E-state index is 13.3. The molecule has 3 aromatic heterocycles. The molecule has 4 heterocycles. The summed E-state index contributed by atoms with van der Waals surface area (Å²) >= 11 is 7.48. The molecule has 1 aliphatic heterocycles. The van der Waals surface area contributed by atoms with Crippen LogP contribution in [0.5, 0.6) is 11.5 Å². The number of fused-ring (bicyclic) bond motifs is 1. The molecule has 212 valence electrons. The van der Waals surface area contributed by atoms with Crippen molar-refractivity contribution in [1.29, 1.82) is 0 Å². The van der Waals surface area contributed by atoms with E-state index in [2.05, 4.69) is 10.3 Å². The number of halogens is 1. The number of methoxy groups -OCH3 is 2. The summed E-state index contributed by atoms with van der Waals surface area (Å²) in [6, 6.07) is 13.5. The number of thiazole rings is 1. The Morgan fingerprint density at radius 2 is 1.90 bits per heavy atom. The Morgan fingerprint density at radius 1 is 1.07 bits per heavy atom. The van der Waals surface area contributed by atoms with E-state index in [1.807, 2.05) is 40.2 Å². The van der Waals surface area contributed by atoms with Crippen molar-refractivity contribution in [2.45, 2.75) is 23.8 Å². The first-order valence-electron chi connectivity index (χ1n) is 12.9. The quantitative estimate of drug-likeness (QED) is 0.247. The van der Waals surface area contributed by atoms with Crippen LogP contribution in [0.1, 0.15) is 12.8 Å². The number of nitrogens with one attached hydrogen (secondary N) is 1. The van der Waals surface area contributed by atoms with Crippen molar-refractivity contribution in [3.63, 3.8) is 0 Å².